The number of methoxy groups -OCH3 is 1. The second-order valence-electron chi connectivity index (χ2n) is 7.41. The van der Waals surface area contributed by atoms with Crippen LogP contribution in [0.5, 0.6) is 6.01 Å². The maximum Gasteiger partial charge on any atom is 0.417 e. The summed E-state index contributed by atoms with van der Waals surface area (Å²) < 4.78 is 10.3. The van der Waals surface area contributed by atoms with E-state index in [9.17, 15) is 9.59 Å². The topological polar surface area (TPSA) is 122 Å². The summed E-state index contributed by atoms with van der Waals surface area (Å²) in [6.45, 7) is 7.63. The van der Waals surface area contributed by atoms with E-state index in [2.05, 4.69) is 31.8 Å². The fourth-order valence-corrected chi connectivity index (χ4v) is 3.58. The summed E-state index contributed by atoms with van der Waals surface area (Å²) in [7, 11) is 1.41. The number of nitrogens with one attached hydrogen (secondary N) is 2. The van der Waals surface area contributed by atoms with E-state index in [0.717, 1.165) is 11.0 Å². The number of fused-ring (bicyclic) bond motifs is 1. The highest BCUT2D eigenvalue weighted by Crippen LogP contribution is 2.27. The number of aromatic nitrogens is 4. The molecule has 10 nitrogen and oxygen atoms in total. The number of ether oxygens (including phenoxy) is 2. The lowest BCUT2D eigenvalue weighted by atomic mass is 10.1. The second kappa shape index (κ2) is 8.46. The van der Waals surface area contributed by atoms with Gasteiger partial charge in [0.15, 0.2) is 0 Å². The Morgan fingerprint density at radius 3 is 2.84 bits per heavy atom. The van der Waals surface area contributed by atoms with Crippen molar-refractivity contribution in [1.29, 1.82) is 0 Å². The number of halogens is 1. The molecule has 0 radical (unpaired) electrons. The number of rotatable bonds is 6. The minimum absolute atomic E-state index is 0.00377. The predicted octanol–water partition coefficient (Wildman–Crippen LogP) is 3.45. The van der Waals surface area contributed by atoms with Gasteiger partial charge in [0.05, 0.1) is 19.2 Å². The molecule has 32 heavy (non-hydrogen) atoms. The first-order valence-electron chi connectivity index (χ1n) is 9.77. The summed E-state index contributed by atoms with van der Waals surface area (Å²) in [5.74, 6) is 0.186. The zero-order chi connectivity index (χ0) is 23.0. The molecule has 0 bridgehead atoms. The maximum absolute atomic E-state index is 12.6. The average molecular weight is 457 g/mol. The largest absolute Gasteiger partial charge is 0.467 e. The molecule has 1 amide bonds. The van der Waals surface area contributed by atoms with Gasteiger partial charge in [-0.3, -0.25) is 4.79 Å². The first kappa shape index (κ1) is 21.6. The van der Waals surface area contributed by atoms with Gasteiger partial charge in [-0.05, 0) is 38.1 Å². The molecule has 166 valence electrons. The molecule has 4 rings (SSSR count). The molecule has 0 spiro atoms. The van der Waals surface area contributed by atoms with Gasteiger partial charge in [-0.25, -0.2) is 9.69 Å². The zero-order valence-corrected chi connectivity index (χ0v) is 18.4. The van der Waals surface area contributed by atoms with Crippen molar-refractivity contribution in [2.24, 2.45) is 0 Å². The van der Waals surface area contributed by atoms with Crippen molar-refractivity contribution in [2.45, 2.75) is 25.9 Å². The third-order valence-corrected chi connectivity index (χ3v) is 5.33. The lowest BCUT2D eigenvalue weighted by Crippen LogP contribution is -2.35. The predicted molar refractivity (Wildman–Crippen MR) is 120 cm³/mol. The lowest BCUT2D eigenvalue weighted by Gasteiger charge is -2.21. The molecule has 2 N–H and O–H groups in total. The number of carbonyl (C=O) groups is 1. The standard InChI is InChI=1S/C21H21ClN6O4/c1-10(2)16-9-32-21(30)28(16)19-25-18(26-20(27-19)31-4)23-11(3)14-8-12-7-13(22)5-6-15(12)24-17(14)29/h5-8,11,16H,1,9H2,2-4H3,(H,24,29)(H,23,25,26,27)/t11-,16+/m0/s1. The third kappa shape index (κ3) is 4.09. The number of pyridine rings is 1. The Balaban J connectivity index is 1.69. The second-order valence-corrected chi connectivity index (χ2v) is 7.84. The number of hydrogen-bond acceptors (Lipinski definition) is 8. The Bertz CT molecular complexity index is 1280. The number of amides is 1. The van der Waals surface area contributed by atoms with Crippen LogP contribution < -0.4 is 20.5 Å². The van der Waals surface area contributed by atoms with E-state index in [1.165, 1.54) is 12.0 Å². The van der Waals surface area contributed by atoms with E-state index in [-0.39, 0.29) is 30.1 Å². The molecule has 1 aromatic carbocycles. The van der Waals surface area contributed by atoms with Crippen molar-refractivity contribution < 1.29 is 14.3 Å². The van der Waals surface area contributed by atoms with Crippen LogP contribution in [0, 0.1) is 0 Å². The number of cyclic esters (lactones) is 1. The molecule has 1 aliphatic rings. The summed E-state index contributed by atoms with van der Waals surface area (Å²) >= 11 is 6.08. The van der Waals surface area contributed by atoms with Gasteiger partial charge in [-0.15, -0.1) is 0 Å². The summed E-state index contributed by atoms with van der Waals surface area (Å²) in [5, 5.41) is 4.43. The fourth-order valence-electron chi connectivity index (χ4n) is 3.40. The van der Waals surface area contributed by atoms with E-state index < -0.39 is 18.2 Å². The van der Waals surface area contributed by atoms with Crippen LogP contribution in [0.3, 0.4) is 0 Å². The van der Waals surface area contributed by atoms with Crippen molar-refractivity contribution in [3.05, 3.63) is 57.4 Å². The number of hydrogen-bond donors (Lipinski definition) is 2. The first-order chi connectivity index (χ1) is 15.3. The normalized spacial score (nSPS) is 16.7. The molecular weight excluding hydrogens is 436 g/mol. The van der Waals surface area contributed by atoms with Gasteiger partial charge < -0.3 is 19.8 Å². The molecule has 2 atom stereocenters. The molecule has 2 aromatic heterocycles. The molecule has 11 heteroatoms. The Morgan fingerprint density at radius 2 is 2.12 bits per heavy atom. The number of benzene rings is 1. The smallest absolute Gasteiger partial charge is 0.417 e. The fraction of sp³-hybridized carbons (Fsp3) is 0.286. The van der Waals surface area contributed by atoms with Crippen molar-refractivity contribution in [1.82, 2.24) is 19.9 Å². The Kier molecular flexibility index (Phi) is 5.70. The zero-order valence-electron chi connectivity index (χ0n) is 17.7. The number of aromatic amines is 1. The van der Waals surface area contributed by atoms with Crippen LogP contribution in [0.25, 0.3) is 10.9 Å². The molecule has 1 saturated heterocycles. The van der Waals surface area contributed by atoms with E-state index >= 15 is 0 Å². The maximum atomic E-state index is 12.6. The van der Waals surface area contributed by atoms with Crippen LogP contribution in [-0.2, 0) is 4.74 Å². The van der Waals surface area contributed by atoms with Gasteiger partial charge in [0.2, 0.25) is 11.9 Å². The lowest BCUT2D eigenvalue weighted by molar-refractivity contribution is 0.179. The molecule has 3 heterocycles. The molecule has 3 aromatic rings. The highest BCUT2D eigenvalue weighted by Gasteiger charge is 2.37. The van der Waals surface area contributed by atoms with Gasteiger partial charge in [0.25, 0.3) is 5.56 Å². The monoisotopic (exact) mass is 456 g/mol. The third-order valence-electron chi connectivity index (χ3n) is 5.09. The Hall–Kier alpha value is -3.66. The van der Waals surface area contributed by atoms with Gasteiger partial charge in [-0.2, -0.15) is 15.0 Å². The number of anilines is 2. The van der Waals surface area contributed by atoms with Crippen molar-refractivity contribution in [3.63, 3.8) is 0 Å². The summed E-state index contributed by atoms with van der Waals surface area (Å²) in [6.07, 6.45) is -0.590. The van der Waals surface area contributed by atoms with Gasteiger partial charge in [-0.1, -0.05) is 23.8 Å². The minimum atomic E-state index is -0.590. The van der Waals surface area contributed by atoms with Gasteiger partial charge in [0.1, 0.15) is 6.61 Å². The average Bonchev–Trinajstić information content (AvgIpc) is 3.15. The highest BCUT2D eigenvalue weighted by molar-refractivity contribution is 6.31. The molecule has 0 saturated carbocycles. The molecule has 0 aliphatic carbocycles. The summed E-state index contributed by atoms with van der Waals surface area (Å²) in [4.78, 5) is 41.8. The quantitative estimate of drug-likeness (QED) is 0.541. The Labute approximate surface area is 188 Å². The SMILES string of the molecule is C=C(C)[C@H]1COC(=O)N1c1nc(N[C@@H](C)c2cc3cc(Cl)ccc3[nH]c2=O)nc(OC)n1. The number of H-pyrrole nitrogens is 1. The molecule has 1 fully saturated rings. The Morgan fingerprint density at radius 1 is 1.34 bits per heavy atom. The summed E-state index contributed by atoms with van der Waals surface area (Å²) in [6, 6.07) is 6.09. The van der Waals surface area contributed by atoms with E-state index in [0.29, 0.717) is 16.1 Å². The van der Waals surface area contributed by atoms with Crippen molar-refractivity contribution in [2.75, 3.05) is 23.9 Å². The van der Waals surface area contributed by atoms with Crippen LogP contribution in [0.2, 0.25) is 5.02 Å². The van der Waals surface area contributed by atoms with E-state index in [1.807, 2.05) is 0 Å². The van der Waals surface area contributed by atoms with Crippen molar-refractivity contribution >= 4 is 40.5 Å². The van der Waals surface area contributed by atoms with Gasteiger partial charge >= 0.3 is 12.1 Å². The minimum Gasteiger partial charge on any atom is -0.467 e. The van der Waals surface area contributed by atoms with E-state index in [1.54, 1.807) is 38.1 Å². The van der Waals surface area contributed by atoms with E-state index in [4.69, 9.17) is 21.1 Å². The first-order valence-corrected chi connectivity index (χ1v) is 10.1. The summed E-state index contributed by atoms with van der Waals surface area (Å²) in [5.41, 5.74) is 1.60. The molecule has 0 unspecified atom stereocenters. The van der Waals surface area contributed by atoms with Crippen LogP contribution in [0.4, 0.5) is 16.7 Å². The number of nitrogens with zero attached hydrogens (tertiary/aromatic N) is 4. The molecule has 1 aliphatic heterocycles. The van der Waals surface area contributed by atoms with Crippen LogP contribution in [0.15, 0.2) is 41.2 Å². The molecular formula is C21H21ClN6O4. The van der Waals surface area contributed by atoms with Crippen molar-refractivity contribution in [3.8, 4) is 6.01 Å². The highest BCUT2D eigenvalue weighted by atomic mass is 35.5. The number of carbonyl (C=O) groups excluding carboxylic acids is 1. The van der Waals surface area contributed by atoms with Crippen LogP contribution >= 0.6 is 11.6 Å². The van der Waals surface area contributed by atoms with Crippen LogP contribution in [-0.4, -0.2) is 45.8 Å². The van der Waals surface area contributed by atoms with Crippen LogP contribution in [0.1, 0.15) is 25.5 Å². The van der Waals surface area contributed by atoms with Gasteiger partial charge in [0, 0.05) is 21.5 Å².